The Morgan fingerprint density at radius 3 is 2.57 bits per heavy atom. The number of guanidine groups is 1. The first-order valence-corrected chi connectivity index (χ1v) is 8.50. The largest absolute Gasteiger partial charge is 0.356 e. The van der Waals surface area contributed by atoms with Gasteiger partial charge in [-0.25, -0.2) is 9.97 Å². The van der Waals surface area contributed by atoms with Crippen LogP contribution in [-0.4, -0.2) is 29.5 Å². The number of aromatic nitrogens is 2. The van der Waals surface area contributed by atoms with Gasteiger partial charge in [0.25, 0.3) is 0 Å². The highest BCUT2D eigenvalue weighted by Crippen LogP contribution is 2.15. The summed E-state index contributed by atoms with van der Waals surface area (Å²) in [5.41, 5.74) is 1.11. The molecule has 21 heavy (non-hydrogen) atoms. The molecule has 2 aromatic rings. The molecule has 2 heterocycles. The molecule has 0 spiro atoms. The topological polar surface area (TPSA) is 62.2 Å². The second-order valence-corrected chi connectivity index (χ2v) is 7.32. The van der Waals surface area contributed by atoms with Gasteiger partial charge in [-0.2, -0.15) is 0 Å². The summed E-state index contributed by atoms with van der Waals surface area (Å²) >= 11 is 3.47. The van der Waals surface area contributed by atoms with E-state index in [1.807, 2.05) is 13.1 Å². The van der Waals surface area contributed by atoms with Crippen LogP contribution < -0.4 is 10.6 Å². The maximum absolute atomic E-state index is 4.51. The van der Waals surface area contributed by atoms with Gasteiger partial charge in [0.1, 0.15) is 5.01 Å². The summed E-state index contributed by atoms with van der Waals surface area (Å²) in [6.45, 7) is 7.74. The Hall–Kier alpha value is -1.47. The monoisotopic (exact) mass is 323 g/mol. The van der Waals surface area contributed by atoms with Crippen LogP contribution in [0.25, 0.3) is 0 Å². The first-order chi connectivity index (χ1) is 10.1. The average molecular weight is 323 g/mol. The van der Waals surface area contributed by atoms with Crippen LogP contribution in [0.5, 0.6) is 0 Å². The fourth-order valence-electron chi connectivity index (χ4n) is 1.80. The van der Waals surface area contributed by atoms with Gasteiger partial charge in [-0.15, -0.1) is 22.7 Å². The van der Waals surface area contributed by atoms with Crippen molar-refractivity contribution in [1.29, 1.82) is 0 Å². The fourth-order valence-corrected chi connectivity index (χ4v) is 3.46. The number of thiazole rings is 2. The van der Waals surface area contributed by atoms with Crippen molar-refractivity contribution in [1.82, 2.24) is 20.6 Å². The minimum Gasteiger partial charge on any atom is -0.356 e. The first-order valence-electron chi connectivity index (χ1n) is 6.87. The molecule has 0 aromatic carbocycles. The summed E-state index contributed by atoms with van der Waals surface area (Å²) < 4.78 is 0. The lowest BCUT2D eigenvalue weighted by atomic mass is 10.4. The average Bonchev–Trinajstić information content (AvgIpc) is 3.00. The van der Waals surface area contributed by atoms with E-state index in [1.165, 1.54) is 9.75 Å². The zero-order valence-electron chi connectivity index (χ0n) is 12.9. The smallest absolute Gasteiger partial charge is 0.191 e. The van der Waals surface area contributed by atoms with Crippen LogP contribution in [0.3, 0.4) is 0 Å². The second kappa shape index (κ2) is 7.51. The van der Waals surface area contributed by atoms with E-state index in [2.05, 4.69) is 39.4 Å². The van der Waals surface area contributed by atoms with Crippen molar-refractivity contribution >= 4 is 28.6 Å². The molecule has 0 aliphatic rings. The van der Waals surface area contributed by atoms with Crippen LogP contribution in [0.15, 0.2) is 11.2 Å². The normalized spacial score (nSPS) is 11.7. The quantitative estimate of drug-likeness (QED) is 0.655. The Labute approximate surface area is 133 Å². The third kappa shape index (κ3) is 4.78. The lowest BCUT2D eigenvalue weighted by Crippen LogP contribution is -2.37. The molecule has 2 N–H and O–H groups in total. The highest BCUT2D eigenvalue weighted by Gasteiger charge is 2.05. The number of nitrogens with one attached hydrogen (secondary N) is 2. The third-order valence-corrected chi connectivity index (χ3v) is 5.05. The molecule has 0 radical (unpaired) electrons. The van der Waals surface area contributed by atoms with Gasteiger partial charge in [0.15, 0.2) is 5.96 Å². The van der Waals surface area contributed by atoms with E-state index in [1.54, 1.807) is 29.7 Å². The van der Waals surface area contributed by atoms with Crippen LogP contribution in [0.1, 0.15) is 25.5 Å². The highest BCUT2D eigenvalue weighted by molar-refractivity contribution is 7.11. The predicted molar refractivity (Wildman–Crippen MR) is 90.3 cm³/mol. The molecule has 0 aliphatic heterocycles. The number of rotatable bonds is 5. The lowest BCUT2D eigenvalue weighted by molar-refractivity contribution is 0.788. The Morgan fingerprint density at radius 2 is 2.00 bits per heavy atom. The fraction of sp³-hybridized carbons (Fsp3) is 0.500. The first kappa shape index (κ1) is 15.9. The number of aryl methyl sites for hydroxylation is 3. The summed E-state index contributed by atoms with van der Waals surface area (Å²) in [6, 6.07) is 0. The van der Waals surface area contributed by atoms with Gasteiger partial charge in [0, 0.05) is 36.0 Å². The molecule has 0 amide bonds. The van der Waals surface area contributed by atoms with Crippen molar-refractivity contribution in [3.8, 4) is 0 Å². The molecule has 114 valence electrons. The van der Waals surface area contributed by atoms with E-state index in [9.17, 15) is 0 Å². The summed E-state index contributed by atoms with van der Waals surface area (Å²) in [7, 11) is 1.78. The maximum atomic E-state index is 4.51. The molecule has 0 fully saturated rings. The van der Waals surface area contributed by atoms with Crippen molar-refractivity contribution in [2.24, 2.45) is 4.99 Å². The Morgan fingerprint density at radius 1 is 1.19 bits per heavy atom. The van der Waals surface area contributed by atoms with E-state index < -0.39 is 0 Å². The molecule has 0 saturated heterocycles. The van der Waals surface area contributed by atoms with Crippen molar-refractivity contribution in [3.05, 3.63) is 31.7 Å². The predicted octanol–water partition coefficient (Wildman–Crippen LogP) is 2.43. The van der Waals surface area contributed by atoms with E-state index in [0.29, 0.717) is 6.54 Å². The molecular weight excluding hydrogens is 302 g/mol. The Balaban J connectivity index is 1.75. The molecule has 7 heteroatoms. The molecule has 0 aliphatic carbocycles. The zero-order valence-corrected chi connectivity index (χ0v) is 14.5. The van der Waals surface area contributed by atoms with Gasteiger partial charge in [-0.05, 0) is 20.8 Å². The number of aliphatic imine (C=N–C) groups is 1. The maximum Gasteiger partial charge on any atom is 0.191 e. The summed E-state index contributed by atoms with van der Waals surface area (Å²) in [5.74, 6) is 0.800. The molecular formula is C14H21N5S2. The minimum atomic E-state index is 0.704. The van der Waals surface area contributed by atoms with Gasteiger partial charge in [-0.3, -0.25) is 4.99 Å². The molecule has 0 bridgehead atoms. The van der Waals surface area contributed by atoms with Crippen molar-refractivity contribution in [2.75, 3.05) is 13.6 Å². The number of nitrogens with zero attached hydrogens (tertiary/aromatic N) is 3. The van der Waals surface area contributed by atoms with Crippen LogP contribution >= 0.6 is 22.7 Å². The van der Waals surface area contributed by atoms with E-state index in [4.69, 9.17) is 0 Å². The molecule has 5 nitrogen and oxygen atoms in total. The van der Waals surface area contributed by atoms with Crippen LogP contribution in [0, 0.1) is 20.8 Å². The molecule has 2 aromatic heterocycles. The van der Waals surface area contributed by atoms with Gasteiger partial charge in [-0.1, -0.05) is 0 Å². The van der Waals surface area contributed by atoms with Crippen LogP contribution in [0.2, 0.25) is 0 Å². The van der Waals surface area contributed by atoms with Crippen LogP contribution in [0.4, 0.5) is 0 Å². The SMILES string of the molecule is CN=C(NCCc1ncc(C)s1)NCc1nc(C)c(C)s1. The summed E-state index contributed by atoms with van der Waals surface area (Å²) in [5, 5.41) is 8.83. The Kier molecular flexibility index (Phi) is 5.69. The lowest BCUT2D eigenvalue weighted by Gasteiger charge is -2.09. The minimum absolute atomic E-state index is 0.704. The van der Waals surface area contributed by atoms with Gasteiger partial charge in [0.2, 0.25) is 0 Å². The standard InChI is InChI=1S/C14H21N5S2/c1-9-7-17-12(20-9)5-6-16-14(15-4)18-8-13-19-10(2)11(3)21-13/h7H,5-6,8H2,1-4H3,(H2,15,16,18). The summed E-state index contributed by atoms with van der Waals surface area (Å²) in [6.07, 6.45) is 2.83. The van der Waals surface area contributed by atoms with Gasteiger partial charge in [0.05, 0.1) is 17.2 Å². The summed E-state index contributed by atoms with van der Waals surface area (Å²) in [4.78, 5) is 15.6. The number of hydrogen-bond acceptors (Lipinski definition) is 5. The molecule has 0 saturated carbocycles. The molecule has 2 rings (SSSR count). The van der Waals surface area contributed by atoms with E-state index in [0.717, 1.165) is 34.6 Å². The zero-order chi connectivity index (χ0) is 15.2. The van der Waals surface area contributed by atoms with Crippen molar-refractivity contribution < 1.29 is 0 Å². The van der Waals surface area contributed by atoms with Crippen molar-refractivity contribution in [2.45, 2.75) is 33.7 Å². The van der Waals surface area contributed by atoms with Crippen LogP contribution in [-0.2, 0) is 13.0 Å². The molecule has 0 unspecified atom stereocenters. The van der Waals surface area contributed by atoms with E-state index >= 15 is 0 Å². The second-order valence-electron chi connectivity index (χ2n) is 4.72. The van der Waals surface area contributed by atoms with Gasteiger partial charge >= 0.3 is 0 Å². The highest BCUT2D eigenvalue weighted by atomic mass is 32.1. The third-order valence-electron chi connectivity index (χ3n) is 3.00. The molecule has 0 atom stereocenters. The number of hydrogen-bond donors (Lipinski definition) is 2. The van der Waals surface area contributed by atoms with E-state index in [-0.39, 0.29) is 0 Å². The van der Waals surface area contributed by atoms with Gasteiger partial charge < -0.3 is 10.6 Å². The Bertz CT molecular complexity index is 595. The van der Waals surface area contributed by atoms with Crippen molar-refractivity contribution in [3.63, 3.8) is 0 Å².